The van der Waals surface area contributed by atoms with Crippen LogP contribution in [-0.4, -0.2) is 33.4 Å². The van der Waals surface area contributed by atoms with Crippen molar-refractivity contribution in [3.8, 4) is 11.4 Å². The van der Waals surface area contributed by atoms with E-state index in [1.165, 1.54) is 49.2 Å². The van der Waals surface area contributed by atoms with Gasteiger partial charge in [0.05, 0.1) is 23.3 Å². The number of aromatic nitrogens is 2. The predicted molar refractivity (Wildman–Crippen MR) is 96.6 cm³/mol. The smallest absolute Gasteiger partial charge is 0.269 e. The molecule has 0 aliphatic rings. The first-order valence-electron chi connectivity index (χ1n) is 7.95. The second kappa shape index (κ2) is 7.20. The Morgan fingerprint density at radius 3 is 2.22 bits per heavy atom. The molecule has 0 saturated carbocycles. The number of ketones is 2. The van der Waals surface area contributed by atoms with Crippen LogP contribution in [0.25, 0.3) is 5.69 Å². The van der Waals surface area contributed by atoms with E-state index in [0.717, 1.165) is 0 Å². The van der Waals surface area contributed by atoms with Crippen LogP contribution in [0.1, 0.15) is 33.3 Å². The van der Waals surface area contributed by atoms with E-state index in [4.69, 9.17) is 4.74 Å². The van der Waals surface area contributed by atoms with Crippen molar-refractivity contribution in [1.29, 1.82) is 0 Å². The summed E-state index contributed by atoms with van der Waals surface area (Å²) in [6.45, 7) is 1.33. The first-order chi connectivity index (χ1) is 12.9. The fraction of sp³-hybridized carbons (Fsp3) is 0.105. The Balaban J connectivity index is 2.01. The molecule has 8 heteroatoms. The molecule has 0 fully saturated rings. The van der Waals surface area contributed by atoms with Crippen molar-refractivity contribution < 1.29 is 19.2 Å². The minimum absolute atomic E-state index is 0.0363. The van der Waals surface area contributed by atoms with Gasteiger partial charge in [-0.1, -0.05) is 0 Å². The maximum absolute atomic E-state index is 12.8. The van der Waals surface area contributed by atoms with Crippen molar-refractivity contribution in [2.24, 2.45) is 0 Å². The molecule has 136 valence electrons. The van der Waals surface area contributed by atoms with Crippen LogP contribution in [0.3, 0.4) is 0 Å². The normalized spacial score (nSPS) is 10.4. The summed E-state index contributed by atoms with van der Waals surface area (Å²) in [6, 6.07) is 12.2. The monoisotopic (exact) mass is 365 g/mol. The molecule has 0 aliphatic carbocycles. The lowest BCUT2D eigenvalue weighted by molar-refractivity contribution is -0.384. The zero-order valence-electron chi connectivity index (χ0n) is 14.6. The molecule has 1 heterocycles. The molecular formula is C19H15N3O5. The van der Waals surface area contributed by atoms with Gasteiger partial charge in [0.15, 0.2) is 11.6 Å². The average molecular weight is 365 g/mol. The summed E-state index contributed by atoms with van der Waals surface area (Å²) < 4.78 is 6.43. The van der Waals surface area contributed by atoms with E-state index in [1.54, 1.807) is 24.3 Å². The molecule has 0 atom stereocenters. The van der Waals surface area contributed by atoms with Crippen LogP contribution in [0, 0.1) is 10.1 Å². The van der Waals surface area contributed by atoms with Gasteiger partial charge in [0.2, 0.25) is 0 Å². The minimum atomic E-state index is -0.507. The van der Waals surface area contributed by atoms with Crippen molar-refractivity contribution in [2.45, 2.75) is 6.92 Å². The number of carbonyl (C=O) groups is 2. The Hall–Kier alpha value is -3.81. The van der Waals surface area contributed by atoms with Gasteiger partial charge < -0.3 is 4.74 Å². The summed E-state index contributed by atoms with van der Waals surface area (Å²) in [5.41, 5.74) is 1.02. The number of methoxy groups -OCH3 is 1. The Morgan fingerprint density at radius 2 is 1.70 bits per heavy atom. The van der Waals surface area contributed by atoms with Gasteiger partial charge in [-0.25, -0.2) is 4.68 Å². The van der Waals surface area contributed by atoms with E-state index in [-0.39, 0.29) is 28.5 Å². The van der Waals surface area contributed by atoms with Gasteiger partial charge in [-0.3, -0.25) is 19.7 Å². The fourth-order valence-corrected chi connectivity index (χ4v) is 2.56. The Labute approximate surface area is 154 Å². The van der Waals surface area contributed by atoms with E-state index in [1.807, 2.05) is 0 Å². The molecule has 3 rings (SSSR count). The molecule has 0 N–H and O–H groups in total. The molecular weight excluding hydrogens is 350 g/mol. The number of benzene rings is 2. The maximum atomic E-state index is 12.8. The highest BCUT2D eigenvalue weighted by Gasteiger charge is 2.21. The predicted octanol–water partition coefficient (Wildman–Crippen LogP) is 3.22. The molecule has 0 radical (unpaired) electrons. The van der Waals surface area contributed by atoms with Crippen LogP contribution in [0.4, 0.5) is 5.69 Å². The number of rotatable bonds is 6. The second-order valence-electron chi connectivity index (χ2n) is 5.72. The minimum Gasteiger partial charge on any atom is -0.497 e. The number of non-ortho nitro benzene ring substituents is 1. The third-order valence-electron chi connectivity index (χ3n) is 3.97. The van der Waals surface area contributed by atoms with Crippen LogP contribution < -0.4 is 4.74 Å². The number of Topliss-reactive ketones (excluding diaryl/α,β-unsaturated/α-hetero) is 1. The van der Waals surface area contributed by atoms with Gasteiger partial charge in [-0.2, -0.15) is 5.10 Å². The number of nitro benzene ring substituents is 1. The van der Waals surface area contributed by atoms with Crippen molar-refractivity contribution in [3.63, 3.8) is 0 Å². The highest BCUT2D eigenvalue weighted by atomic mass is 16.6. The van der Waals surface area contributed by atoms with Gasteiger partial charge in [0.1, 0.15) is 11.4 Å². The SMILES string of the molecule is COc1ccc(C(=O)c2cn(-c3ccc([N+](=O)[O-])cc3)nc2C(C)=O)cc1. The van der Waals surface area contributed by atoms with Crippen LogP contribution in [0.15, 0.2) is 54.7 Å². The zero-order valence-corrected chi connectivity index (χ0v) is 14.6. The standard InChI is InChI=1S/C19H15N3O5/c1-12(23)18-17(19(24)13-3-9-16(27-2)10-4-13)11-21(20-18)14-5-7-15(8-6-14)22(25)26/h3-11H,1-2H3. The van der Waals surface area contributed by atoms with Crippen LogP contribution in [-0.2, 0) is 0 Å². The van der Waals surface area contributed by atoms with Crippen LogP contribution in [0.2, 0.25) is 0 Å². The van der Waals surface area contributed by atoms with Gasteiger partial charge in [0, 0.05) is 30.8 Å². The van der Waals surface area contributed by atoms with Crippen LogP contribution in [0.5, 0.6) is 5.75 Å². The molecule has 0 spiro atoms. The number of ether oxygens (including phenoxy) is 1. The van der Waals surface area contributed by atoms with Gasteiger partial charge in [-0.05, 0) is 36.4 Å². The summed E-state index contributed by atoms with van der Waals surface area (Å²) in [5, 5.41) is 15.0. The third-order valence-corrected chi connectivity index (χ3v) is 3.97. The number of hydrogen-bond donors (Lipinski definition) is 0. The third kappa shape index (κ3) is 3.59. The summed E-state index contributed by atoms with van der Waals surface area (Å²) in [6.07, 6.45) is 1.45. The second-order valence-corrected chi connectivity index (χ2v) is 5.72. The van der Waals surface area contributed by atoms with E-state index >= 15 is 0 Å². The Morgan fingerprint density at radius 1 is 1.07 bits per heavy atom. The number of nitro groups is 1. The zero-order chi connectivity index (χ0) is 19.6. The van der Waals surface area contributed by atoms with E-state index < -0.39 is 4.92 Å². The molecule has 1 aromatic heterocycles. The number of hydrogen-bond acceptors (Lipinski definition) is 6. The highest BCUT2D eigenvalue weighted by molar-refractivity contribution is 6.14. The first-order valence-corrected chi connectivity index (χ1v) is 7.95. The lowest BCUT2D eigenvalue weighted by Gasteiger charge is -2.02. The molecule has 0 amide bonds. The lowest BCUT2D eigenvalue weighted by Crippen LogP contribution is -2.06. The molecule has 0 aliphatic heterocycles. The van der Waals surface area contributed by atoms with Crippen molar-refractivity contribution in [3.05, 3.63) is 81.7 Å². The summed E-state index contributed by atoms with van der Waals surface area (Å²) in [4.78, 5) is 35.0. The molecule has 27 heavy (non-hydrogen) atoms. The molecule has 0 unspecified atom stereocenters. The lowest BCUT2D eigenvalue weighted by atomic mass is 10.0. The molecule has 0 bridgehead atoms. The van der Waals surface area contributed by atoms with E-state index in [2.05, 4.69) is 5.10 Å². The molecule has 2 aromatic carbocycles. The topological polar surface area (TPSA) is 104 Å². The summed E-state index contributed by atoms with van der Waals surface area (Å²) in [7, 11) is 1.53. The first kappa shape index (κ1) is 18.0. The average Bonchev–Trinajstić information content (AvgIpc) is 3.13. The molecule has 8 nitrogen and oxygen atoms in total. The molecule has 3 aromatic rings. The van der Waals surface area contributed by atoms with Crippen molar-refractivity contribution in [1.82, 2.24) is 9.78 Å². The largest absolute Gasteiger partial charge is 0.497 e. The number of nitrogens with zero attached hydrogens (tertiary/aromatic N) is 3. The summed E-state index contributed by atoms with van der Waals surface area (Å²) in [5.74, 6) is -0.0940. The van der Waals surface area contributed by atoms with Crippen molar-refractivity contribution >= 4 is 17.3 Å². The van der Waals surface area contributed by atoms with E-state index in [9.17, 15) is 19.7 Å². The molecule has 0 saturated heterocycles. The quantitative estimate of drug-likeness (QED) is 0.377. The fourth-order valence-electron chi connectivity index (χ4n) is 2.56. The van der Waals surface area contributed by atoms with Crippen LogP contribution >= 0.6 is 0 Å². The van der Waals surface area contributed by atoms with Crippen molar-refractivity contribution in [2.75, 3.05) is 7.11 Å². The highest BCUT2D eigenvalue weighted by Crippen LogP contribution is 2.20. The maximum Gasteiger partial charge on any atom is 0.269 e. The number of carbonyl (C=O) groups excluding carboxylic acids is 2. The summed E-state index contributed by atoms with van der Waals surface area (Å²) >= 11 is 0. The van der Waals surface area contributed by atoms with Gasteiger partial charge in [0.25, 0.3) is 5.69 Å². The van der Waals surface area contributed by atoms with Gasteiger partial charge >= 0.3 is 0 Å². The Bertz CT molecular complexity index is 1020. The van der Waals surface area contributed by atoms with Gasteiger partial charge in [-0.15, -0.1) is 0 Å². The van der Waals surface area contributed by atoms with E-state index in [0.29, 0.717) is 17.0 Å². The Kier molecular flexibility index (Phi) is 4.80.